The summed E-state index contributed by atoms with van der Waals surface area (Å²) < 4.78 is 40.9. The van der Waals surface area contributed by atoms with Gasteiger partial charge < -0.3 is 15.4 Å². The Morgan fingerprint density at radius 3 is 2.32 bits per heavy atom. The zero-order chi connectivity index (χ0) is 13.9. The van der Waals surface area contributed by atoms with Crippen LogP contribution in [0.2, 0.25) is 0 Å². The molecular weight excluding hydrogens is 374 g/mol. The highest BCUT2D eigenvalue weighted by Gasteiger charge is 2.26. The number of rotatable bonds is 8. The normalized spacial score (nSPS) is 11.9. The molecular formula is C11H23F3IN3O. The number of hydrogen-bond donors (Lipinski definition) is 2. The van der Waals surface area contributed by atoms with E-state index < -0.39 is 12.6 Å². The maximum Gasteiger partial charge on any atom is 0.390 e. The molecule has 0 aromatic rings. The number of unbranched alkanes of at least 4 members (excludes halogenated alkanes) is 1. The summed E-state index contributed by atoms with van der Waals surface area (Å²) in [5, 5.41) is 5.56. The molecule has 2 N–H and O–H groups in total. The molecule has 0 aromatic heterocycles. The van der Waals surface area contributed by atoms with E-state index in [1.54, 1.807) is 0 Å². The molecule has 0 atom stereocenters. The van der Waals surface area contributed by atoms with Crippen molar-refractivity contribution in [3.8, 4) is 0 Å². The second-order valence-electron chi connectivity index (χ2n) is 3.69. The zero-order valence-electron chi connectivity index (χ0n) is 11.3. The molecule has 0 fully saturated rings. The molecule has 0 saturated heterocycles. The van der Waals surface area contributed by atoms with Crippen LogP contribution in [0.1, 0.15) is 26.2 Å². The van der Waals surface area contributed by atoms with Crippen molar-refractivity contribution in [3.63, 3.8) is 0 Å². The van der Waals surface area contributed by atoms with Gasteiger partial charge in [-0.15, -0.1) is 24.0 Å². The first-order valence-corrected chi connectivity index (χ1v) is 6.08. The lowest BCUT2D eigenvalue weighted by atomic mass is 10.3. The summed E-state index contributed by atoms with van der Waals surface area (Å²) >= 11 is 0. The zero-order valence-corrected chi connectivity index (χ0v) is 13.7. The summed E-state index contributed by atoms with van der Waals surface area (Å²) in [7, 11) is 1.53. The van der Waals surface area contributed by atoms with Crippen LogP contribution in [-0.4, -0.2) is 45.5 Å². The predicted molar refractivity (Wildman–Crippen MR) is 81.2 cm³/mol. The van der Waals surface area contributed by atoms with Crippen molar-refractivity contribution in [3.05, 3.63) is 0 Å². The van der Waals surface area contributed by atoms with Gasteiger partial charge in [-0.1, -0.05) is 0 Å². The molecule has 0 aliphatic rings. The standard InChI is InChI=1S/C11H22F3N3O.HI/c1-3-18-9-5-4-7-16-10(15-2)17-8-6-11(12,13)14;/h3-9H2,1-2H3,(H2,15,16,17);1H. The third-order valence-electron chi connectivity index (χ3n) is 2.14. The fourth-order valence-corrected chi connectivity index (χ4v) is 1.22. The van der Waals surface area contributed by atoms with E-state index in [0.29, 0.717) is 25.7 Å². The predicted octanol–water partition coefficient (Wildman–Crippen LogP) is 2.54. The van der Waals surface area contributed by atoms with Gasteiger partial charge in [0.25, 0.3) is 0 Å². The highest BCUT2D eigenvalue weighted by atomic mass is 127. The van der Waals surface area contributed by atoms with Gasteiger partial charge in [0.1, 0.15) is 0 Å². The van der Waals surface area contributed by atoms with Gasteiger partial charge in [0, 0.05) is 33.4 Å². The Morgan fingerprint density at radius 1 is 1.16 bits per heavy atom. The molecule has 0 heterocycles. The number of alkyl halides is 3. The third kappa shape index (κ3) is 15.7. The molecule has 0 radical (unpaired) electrons. The fourth-order valence-electron chi connectivity index (χ4n) is 1.22. The first kappa shape index (κ1) is 21.1. The molecule has 116 valence electrons. The molecule has 0 aliphatic carbocycles. The van der Waals surface area contributed by atoms with Crippen LogP contribution >= 0.6 is 24.0 Å². The van der Waals surface area contributed by atoms with Crippen LogP contribution in [-0.2, 0) is 4.74 Å². The van der Waals surface area contributed by atoms with Crippen LogP contribution in [0.15, 0.2) is 4.99 Å². The molecule has 0 spiro atoms. The van der Waals surface area contributed by atoms with Gasteiger partial charge in [0.2, 0.25) is 0 Å². The molecule has 0 unspecified atom stereocenters. The maximum absolute atomic E-state index is 11.9. The highest BCUT2D eigenvalue weighted by molar-refractivity contribution is 14.0. The smallest absolute Gasteiger partial charge is 0.382 e. The van der Waals surface area contributed by atoms with Crippen molar-refractivity contribution in [1.29, 1.82) is 0 Å². The van der Waals surface area contributed by atoms with E-state index in [2.05, 4.69) is 15.6 Å². The SMILES string of the molecule is CCOCCCCNC(=NC)NCCC(F)(F)F.I. The van der Waals surface area contributed by atoms with Crippen molar-refractivity contribution in [2.24, 2.45) is 4.99 Å². The Hall–Kier alpha value is -0.250. The number of nitrogens with one attached hydrogen (secondary N) is 2. The Labute approximate surface area is 129 Å². The molecule has 0 aliphatic heterocycles. The first-order chi connectivity index (χ1) is 8.49. The molecule has 8 heteroatoms. The largest absolute Gasteiger partial charge is 0.390 e. The van der Waals surface area contributed by atoms with Crippen molar-refractivity contribution in [2.45, 2.75) is 32.4 Å². The second kappa shape index (κ2) is 12.8. The maximum atomic E-state index is 11.9. The highest BCUT2D eigenvalue weighted by Crippen LogP contribution is 2.17. The molecule has 0 amide bonds. The monoisotopic (exact) mass is 397 g/mol. The molecule has 4 nitrogen and oxygen atoms in total. The van der Waals surface area contributed by atoms with Crippen LogP contribution < -0.4 is 10.6 Å². The van der Waals surface area contributed by atoms with E-state index in [1.807, 2.05) is 6.92 Å². The lowest BCUT2D eigenvalue weighted by Gasteiger charge is -2.12. The number of hydrogen-bond acceptors (Lipinski definition) is 2. The summed E-state index contributed by atoms with van der Waals surface area (Å²) in [6.45, 7) is 3.85. The van der Waals surface area contributed by atoms with Gasteiger partial charge in [0.05, 0.1) is 6.42 Å². The second-order valence-corrected chi connectivity index (χ2v) is 3.69. The topological polar surface area (TPSA) is 45.6 Å². The molecule has 0 bridgehead atoms. The molecule has 0 aromatic carbocycles. The average Bonchev–Trinajstić information content (AvgIpc) is 2.29. The quantitative estimate of drug-likeness (QED) is 0.287. The van der Waals surface area contributed by atoms with Crippen molar-refractivity contribution >= 4 is 29.9 Å². The Bertz CT molecular complexity index is 238. The number of halogens is 4. The van der Waals surface area contributed by atoms with Crippen LogP contribution in [0, 0.1) is 0 Å². The van der Waals surface area contributed by atoms with Crippen LogP contribution in [0.25, 0.3) is 0 Å². The van der Waals surface area contributed by atoms with Crippen molar-refractivity contribution < 1.29 is 17.9 Å². The van der Waals surface area contributed by atoms with E-state index in [1.165, 1.54) is 7.05 Å². The summed E-state index contributed by atoms with van der Waals surface area (Å²) in [5.74, 6) is 0.399. The average molecular weight is 397 g/mol. The third-order valence-corrected chi connectivity index (χ3v) is 2.14. The molecule has 19 heavy (non-hydrogen) atoms. The minimum Gasteiger partial charge on any atom is -0.382 e. The van der Waals surface area contributed by atoms with E-state index in [4.69, 9.17) is 4.74 Å². The summed E-state index contributed by atoms with van der Waals surface area (Å²) in [4.78, 5) is 3.84. The van der Waals surface area contributed by atoms with Crippen LogP contribution in [0.4, 0.5) is 13.2 Å². The first-order valence-electron chi connectivity index (χ1n) is 6.08. The van der Waals surface area contributed by atoms with Gasteiger partial charge in [-0.05, 0) is 19.8 Å². The minimum absolute atomic E-state index is 0. The van der Waals surface area contributed by atoms with Gasteiger partial charge in [-0.3, -0.25) is 4.99 Å². The number of ether oxygens (including phenoxy) is 1. The molecule has 0 rings (SSSR count). The van der Waals surface area contributed by atoms with Gasteiger partial charge in [-0.2, -0.15) is 13.2 Å². The van der Waals surface area contributed by atoms with Gasteiger partial charge in [0.15, 0.2) is 5.96 Å². The summed E-state index contributed by atoms with van der Waals surface area (Å²) in [6, 6.07) is 0. The Kier molecular flexibility index (Phi) is 14.1. The fraction of sp³-hybridized carbons (Fsp3) is 0.909. The summed E-state index contributed by atoms with van der Waals surface area (Å²) in [6.07, 6.45) is -3.19. The summed E-state index contributed by atoms with van der Waals surface area (Å²) in [5.41, 5.74) is 0. The van der Waals surface area contributed by atoms with Crippen LogP contribution in [0.5, 0.6) is 0 Å². The van der Waals surface area contributed by atoms with Gasteiger partial charge in [-0.25, -0.2) is 0 Å². The number of nitrogens with zero attached hydrogens (tertiary/aromatic N) is 1. The Morgan fingerprint density at radius 2 is 1.79 bits per heavy atom. The van der Waals surface area contributed by atoms with Crippen molar-refractivity contribution in [1.82, 2.24) is 10.6 Å². The molecule has 0 saturated carbocycles. The lowest BCUT2D eigenvalue weighted by Crippen LogP contribution is -2.39. The minimum atomic E-state index is -4.14. The van der Waals surface area contributed by atoms with E-state index >= 15 is 0 Å². The van der Waals surface area contributed by atoms with Crippen molar-refractivity contribution in [2.75, 3.05) is 33.4 Å². The van der Waals surface area contributed by atoms with Gasteiger partial charge >= 0.3 is 6.18 Å². The number of aliphatic imine (C=N–C) groups is 1. The van der Waals surface area contributed by atoms with Crippen LogP contribution in [0.3, 0.4) is 0 Å². The van der Waals surface area contributed by atoms with E-state index in [-0.39, 0.29) is 30.5 Å². The number of guanidine groups is 1. The van der Waals surface area contributed by atoms with E-state index in [0.717, 1.165) is 12.8 Å². The lowest BCUT2D eigenvalue weighted by molar-refractivity contribution is -0.132. The van der Waals surface area contributed by atoms with E-state index in [9.17, 15) is 13.2 Å². The Balaban J connectivity index is 0.